The zero-order valence-corrected chi connectivity index (χ0v) is 11.4. The van der Waals surface area contributed by atoms with Gasteiger partial charge in [0.2, 0.25) is 5.67 Å². The minimum Gasteiger partial charge on any atom is -0.490 e. The van der Waals surface area contributed by atoms with E-state index in [2.05, 4.69) is 0 Å². The molecule has 0 saturated heterocycles. The summed E-state index contributed by atoms with van der Waals surface area (Å²) >= 11 is 5.89. The quantitative estimate of drug-likeness (QED) is 0.929. The Hall–Kier alpha value is -1.80. The predicted molar refractivity (Wildman–Crippen MR) is 70.5 cm³/mol. The number of halogens is 2. The molecule has 0 amide bonds. The number of alkyl halides is 1. The van der Waals surface area contributed by atoms with Gasteiger partial charge >= 0.3 is 5.97 Å². The van der Waals surface area contributed by atoms with E-state index in [1.807, 2.05) is 6.07 Å². The van der Waals surface area contributed by atoms with Crippen molar-refractivity contribution in [3.05, 3.63) is 28.8 Å². The molecule has 0 radical (unpaired) electrons. The third kappa shape index (κ3) is 3.02. The first-order chi connectivity index (χ1) is 9.44. The van der Waals surface area contributed by atoms with Gasteiger partial charge in [-0.05, 0) is 37.8 Å². The van der Waals surface area contributed by atoms with Gasteiger partial charge in [0.15, 0.2) is 0 Å². The second-order valence-corrected chi connectivity index (χ2v) is 5.25. The Labute approximate surface area is 120 Å². The maximum atomic E-state index is 13.9. The molecule has 20 heavy (non-hydrogen) atoms. The number of carbonyl (C=O) groups is 1. The van der Waals surface area contributed by atoms with E-state index < -0.39 is 11.6 Å². The van der Waals surface area contributed by atoms with Crippen molar-refractivity contribution in [2.24, 2.45) is 0 Å². The molecule has 4 nitrogen and oxygen atoms in total. The number of carboxylic acids is 1. The summed E-state index contributed by atoms with van der Waals surface area (Å²) in [6.07, 6.45) is 0.316. The Morgan fingerprint density at radius 3 is 2.65 bits per heavy atom. The van der Waals surface area contributed by atoms with Crippen LogP contribution in [0.2, 0.25) is 5.02 Å². The van der Waals surface area contributed by atoms with E-state index in [4.69, 9.17) is 26.7 Å². The smallest absolute Gasteiger partial charge is 0.341 e. The minimum atomic E-state index is -2.14. The number of aliphatic carboxylic acids is 1. The second kappa shape index (κ2) is 5.68. The monoisotopic (exact) mass is 297 g/mol. The summed E-state index contributed by atoms with van der Waals surface area (Å²) in [6.45, 7) is 0. The number of hydrogen-bond acceptors (Lipinski definition) is 3. The molecular formula is C14H13ClFNO3. The molecule has 0 spiro atoms. The third-order valence-electron chi connectivity index (χ3n) is 3.47. The molecule has 0 heterocycles. The number of benzene rings is 1. The number of ether oxygens (including phenoxy) is 1. The highest BCUT2D eigenvalue weighted by molar-refractivity contribution is 6.31. The standard InChI is InChI=1S/C14H13ClFNO3/c15-12-7-11(2-1-9(12)8-17)20-10-3-5-14(16,6-4-10)13(18)19/h1-2,7,10H,3-6H2,(H,18,19)/t10-,14+. The van der Waals surface area contributed by atoms with Gasteiger partial charge in [0.05, 0.1) is 16.7 Å². The van der Waals surface area contributed by atoms with E-state index in [9.17, 15) is 9.18 Å². The first kappa shape index (κ1) is 14.6. The molecule has 0 unspecified atom stereocenters. The third-order valence-corrected chi connectivity index (χ3v) is 3.78. The van der Waals surface area contributed by atoms with Gasteiger partial charge in [0.25, 0.3) is 0 Å². The van der Waals surface area contributed by atoms with Gasteiger partial charge in [-0.15, -0.1) is 0 Å². The van der Waals surface area contributed by atoms with Gasteiger partial charge < -0.3 is 9.84 Å². The summed E-state index contributed by atoms with van der Waals surface area (Å²) in [7, 11) is 0. The van der Waals surface area contributed by atoms with Crippen molar-refractivity contribution in [1.82, 2.24) is 0 Å². The van der Waals surface area contributed by atoms with Crippen LogP contribution >= 0.6 is 11.6 Å². The first-order valence-corrected chi connectivity index (χ1v) is 6.61. The number of nitriles is 1. The fraction of sp³-hybridized carbons (Fsp3) is 0.429. The van der Waals surface area contributed by atoms with Crippen molar-refractivity contribution in [2.75, 3.05) is 0 Å². The molecule has 0 bridgehead atoms. The molecule has 0 aliphatic heterocycles. The normalized spacial score (nSPS) is 25.8. The Morgan fingerprint density at radius 2 is 2.15 bits per heavy atom. The van der Waals surface area contributed by atoms with E-state index in [-0.39, 0.29) is 18.9 Å². The number of rotatable bonds is 3. The number of nitrogens with zero attached hydrogens (tertiary/aromatic N) is 1. The summed E-state index contributed by atoms with van der Waals surface area (Å²) in [5, 5.41) is 17.9. The van der Waals surface area contributed by atoms with Crippen molar-refractivity contribution in [3.8, 4) is 11.8 Å². The molecule has 1 aliphatic carbocycles. The molecule has 2 rings (SSSR count). The van der Waals surface area contributed by atoms with Gasteiger partial charge in [-0.25, -0.2) is 9.18 Å². The van der Waals surface area contributed by atoms with Crippen LogP contribution in [0.4, 0.5) is 4.39 Å². The Kier molecular flexibility index (Phi) is 4.15. The van der Waals surface area contributed by atoms with Gasteiger partial charge in [0, 0.05) is 6.07 Å². The maximum Gasteiger partial charge on any atom is 0.341 e. The molecule has 1 saturated carbocycles. The number of carboxylic acid groups (broad SMARTS) is 1. The molecule has 1 fully saturated rings. The summed E-state index contributed by atoms with van der Waals surface area (Å²) in [6, 6.07) is 6.66. The highest BCUT2D eigenvalue weighted by atomic mass is 35.5. The lowest BCUT2D eigenvalue weighted by molar-refractivity contribution is -0.154. The first-order valence-electron chi connectivity index (χ1n) is 6.23. The molecule has 6 heteroatoms. The fourth-order valence-electron chi connectivity index (χ4n) is 2.23. The van der Waals surface area contributed by atoms with Crippen molar-refractivity contribution < 1.29 is 19.0 Å². The molecule has 1 aromatic carbocycles. The van der Waals surface area contributed by atoms with Gasteiger partial charge in [-0.1, -0.05) is 11.6 Å². The fourth-order valence-corrected chi connectivity index (χ4v) is 2.45. The molecular weight excluding hydrogens is 285 g/mol. The Balaban J connectivity index is 1.98. The van der Waals surface area contributed by atoms with E-state index in [0.717, 1.165) is 0 Å². The zero-order chi connectivity index (χ0) is 14.8. The lowest BCUT2D eigenvalue weighted by atomic mass is 9.85. The Morgan fingerprint density at radius 1 is 1.50 bits per heavy atom. The minimum absolute atomic E-state index is 0.0585. The van der Waals surface area contributed by atoms with Crippen molar-refractivity contribution in [3.63, 3.8) is 0 Å². The van der Waals surface area contributed by atoms with Gasteiger partial charge in [-0.3, -0.25) is 0 Å². The average molecular weight is 298 g/mol. The summed E-state index contributed by atoms with van der Waals surface area (Å²) in [5.41, 5.74) is -1.78. The lowest BCUT2D eigenvalue weighted by Gasteiger charge is -2.31. The summed E-state index contributed by atoms with van der Waals surface area (Å²) in [4.78, 5) is 10.8. The highest BCUT2D eigenvalue weighted by Crippen LogP contribution is 2.34. The maximum absolute atomic E-state index is 13.9. The zero-order valence-electron chi connectivity index (χ0n) is 10.6. The Bertz CT molecular complexity index is 562. The molecule has 1 N–H and O–H groups in total. The van der Waals surface area contributed by atoms with Gasteiger partial charge in [-0.2, -0.15) is 5.26 Å². The number of hydrogen-bond donors (Lipinski definition) is 1. The van der Waals surface area contributed by atoms with Crippen molar-refractivity contribution in [2.45, 2.75) is 37.5 Å². The van der Waals surface area contributed by atoms with Crippen LogP contribution in [0.15, 0.2) is 18.2 Å². The van der Waals surface area contributed by atoms with Crippen molar-refractivity contribution >= 4 is 17.6 Å². The van der Waals surface area contributed by atoms with Crippen LogP contribution in [0.5, 0.6) is 5.75 Å². The average Bonchev–Trinajstić information content (AvgIpc) is 2.42. The van der Waals surface area contributed by atoms with Crippen molar-refractivity contribution in [1.29, 1.82) is 5.26 Å². The van der Waals surface area contributed by atoms with E-state index in [1.54, 1.807) is 12.1 Å². The van der Waals surface area contributed by atoms with Crippen LogP contribution in [0.1, 0.15) is 31.2 Å². The predicted octanol–water partition coefficient (Wildman–Crippen LogP) is 3.33. The van der Waals surface area contributed by atoms with Crippen LogP contribution in [0.3, 0.4) is 0 Å². The van der Waals surface area contributed by atoms with E-state index >= 15 is 0 Å². The molecule has 1 aromatic rings. The lowest BCUT2D eigenvalue weighted by Crippen LogP contribution is -2.40. The topological polar surface area (TPSA) is 70.3 Å². The van der Waals surface area contributed by atoms with Crippen LogP contribution in [0, 0.1) is 11.3 Å². The summed E-state index contributed by atoms with van der Waals surface area (Å²) < 4.78 is 19.5. The van der Waals surface area contributed by atoms with Crippen LogP contribution in [-0.2, 0) is 4.79 Å². The van der Waals surface area contributed by atoms with Crippen LogP contribution in [0.25, 0.3) is 0 Å². The largest absolute Gasteiger partial charge is 0.490 e. The molecule has 0 atom stereocenters. The van der Waals surface area contributed by atoms with E-state index in [0.29, 0.717) is 29.2 Å². The molecule has 1 aliphatic rings. The van der Waals surface area contributed by atoms with Crippen LogP contribution in [-0.4, -0.2) is 22.8 Å². The van der Waals surface area contributed by atoms with Crippen LogP contribution < -0.4 is 4.74 Å². The SMILES string of the molecule is N#Cc1ccc(O[C@H]2CC[C@](F)(C(=O)O)CC2)cc1Cl. The van der Waals surface area contributed by atoms with E-state index in [1.165, 1.54) is 6.07 Å². The molecule has 0 aromatic heterocycles. The van der Waals surface area contributed by atoms with Gasteiger partial charge in [0.1, 0.15) is 11.8 Å². The summed E-state index contributed by atoms with van der Waals surface area (Å²) in [5.74, 6) is -0.905. The molecule has 106 valence electrons. The highest BCUT2D eigenvalue weighted by Gasteiger charge is 2.42. The second-order valence-electron chi connectivity index (χ2n) is 4.84.